The highest BCUT2D eigenvalue weighted by Gasteiger charge is 2.18. The summed E-state index contributed by atoms with van der Waals surface area (Å²) in [4.78, 5) is 25.3. The normalized spacial score (nSPS) is 15.7. The summed E-state index contributed by atoms with van der Waals surface area (Å²) in [7, 11) is 0. The molecule has 0 aliphatic carbocycles. The molecule has 2 aromatic carbocycles. The fourth-order valence-electron chi connectivity index (χ4n) is 3.15. The highest BCUT2D eigenvalue weighted by Crippen LogP contribution is 2.19. The Morgan fingerprint density at radius 1 is 1.14 bits per heavy atom. The van der Waals surface area contributed by atoms with Crippen molar-refractivity contribution in [3.05, 3.63) is 59.7 Å². The lowest BCUT2D eigenvalue weighted by molar-refractivity contribution is 0.0858. The van der Waals surface area contributed by atoms with Crippen molar-refractivity contribution in [3.63, 3.8) is 0 Å². The number of anilines is 1. The number of para-hydroxylation sites is 1. The Bertz CT molecular complexity index is 831. The molecule has 1 saturated heterocycles. The number of rotatable bonds is 9. The number of unbranched alkanes of at least 4 members (excludes halogenated alkanes) is 1. The second-order valence-corrected chi connectivity index (χ2v) is 7.07. The monoisotopic (exact) mass is 396 g/mol. The summed E-state index contributed by atoms with van der Waals surface area (Å²) in [5.41, 5.74) is 1.38. The molecule has 1 aliphatic heterocycles. The van der Waals surface area contributed by atoms with E-state index in [0.29, 0.717) is 35.7 Å². The molecule has 0 radical (unpaired) electrons. The van der Waals surface area contributed by atoms with E-state index in [1.165, 1.54) is 0 Å². The predicted molar refractivity (Wildman–Crippen MR) is 113 cm³/mol. The van der Waals surface area contributed by atoms with Gasteiger partial charge in [-0.1, -0.05) is 31.5 Å². The molecule has 0 unspecified atom stereocenters. The Hall–Kier alpha value is -2.86. The molecule has 0 aromatic heterocycles. The summed E-state index contributed by atoms with van der Waals surface area (Å²) >= 11 is 0. The maximum absolute atomic E-state index is 12.7. The van der Waals surface area contributed by atoms with E-state index >= 15 is 0 Å². The van der Waals surface area contributed by atoms with Gasteiger partial charge in [0.2, 0.25) is 0 Å². The van der Waals surface area contributed by atoms with Gasteiger partial charge in [-0.25, -0.2) is 0 Å². The summed E-state index contributed by atoms with van der Waals surface area (Å²) in [6.45, 7) is 3.93. The standard InChI is InChI=1S/C23H28N2O4/c1-2-3-13-28-18-9-6-8-17(15-18)22(26)25-21-12-5-4-11-20(21)23(27)24-16-19-10-7-14-29-19/h4-6,8-9,11-12,15,19H,2-3,7,10,13-14,16H2,1H3,(H,24,27)(H,25,26)/t19-/m1/s1. The van der Waals surface area contributed by atoms with Gasteiger partial charge in [-0.2, -0.15) is 0 Å². The Balaban J connectivity index is 1.64. The van der Waals surface area contributed by atoms with Gasteiger partial charge in [0.25, 0.3) is 11.8 Å². The van der Waals surface area contributed by atoms with Gasteiger partial charge in [0.05, 0.1) is 24.0 Å². The average Bonchev–Trinajstić information content (AvgIpc) is 3.26. The maximum Gasteiger partial charge on any atom is 0.255 e. The number of amides is 2. The van der Waals surface area contributed by atoms with E-state index in [9.17, 15) is 9.59 Å². The third-order valence-electron chi connectivity index (χ3n) is 4.80. The summed E-state index contributed by atoms with van der Waals surface area (Å²) in [6, 6.07) is 14.0. The number of benzene rings is 2. The predicted octanol–water partition coefficient (Wildman–Crippen LogP) is 4.03. The van der Waals surface area contributed by atoms with Crippen LogP contribution in [-0.2, 0) is 4.74 Å². The number of hydrogen-bond acceptors (Lipinski definition) is 4. The molecule has 0 spiro atoms. The molecule has 1 atom stereocenters. The van der Waals surface area contributed by atoms with Crippen LogP contribution in [0.2, 0.25) is 0 Å². The molecule has 6 nitrogen and oxygen atoms in total. The summed E-state index contributed by atoms with van der Waals surface area (Å²) in [5.74, 6) is 0.145. The van der Waals surface area contributed by atoms with E-state index in [-0.39, 0.29) is 17.9 Å². The molecule has 3 rings (SSSR count). The zero-order valence-electron chi connectivity index (χ0n) is 16.8. The first-order chi connectivity index (χ1) is 14.2. The molecule has 29 heavy (non-hydrogen) atoms. The van der Waals surface area contributed by atoms with Gasteiger partial charge in [-0.05, 0) is 49.6 Å². The number of hydrogen-bond donors (Lipinski definition) is 2. The van der Waals surface area contributed by atoms with Crippen LogP contribution in [-0.4, -0.2) is 37.7 Å². The fraction of sp³-hybridized carbons (Fsp3) is 0.391. The molecular formula is C23H28N2O4. The second kappa shape index (κ2) is 10.6. The molecule has 1 fully saturated rings. The lowest BCUT2D eigenvalue weighted by Gasteiger charge is -2.14. The van der Waals surface area contributed by atoms with E-state index < -0.39 is 0 Å². The number of carbonyl (C=O) groups is 2. The number of carbonyl (C=O) groups excluding carboxylic acids is 2. The minimum absolute atomic E-state index is 0.0659. The molecule has 2 amide bonds. The topological polar surface area (TPSA) is 76.7 Å². The van der Waals surface area contributed by atoms with Gasteiger partial charge in [0.1, 0.15) is 5.75 Å². The van der Waals surface area contributed by atoms with Gasteiger partial charge in [-0.3, -0.25) is 9.59 Å². The Kier molecular flexibility index (Phi) is 7.64. The molecule has 1 heterocycles. The van der Waals surface area contributed by atoms with Crippen LogP contribution in [0.3, 0.4) is 0 Å². The number of ether oxygens (including phenoxy) is 2. The van der Waals surface area contributed by atoms with Crippen molar-refractivity contribution in [2.45, 2.75) is 38.7 Å². The van der Waals surface area contributed by atoms with E-state index in [2.05, 4.69) is 17.6 Å². The molecule has 154 valence electrons. The minimum atomic E-state index is -0.287. The molecule has 2 aromatic rings. The van der Waals surface area contributed by atoms with Crippen LogP contribution in [0.25, 0.3) is 0 Å². The first-order valence-electron chi connectivity index (χ1n) is 10.2. The van der Waals surface area contributed by atoms with Gasteiger partial charge in [-0.15, -0.1) is 0 Å². The Morgan fingerprint density at radius 3 is 2.79 bits per heavy atom. The lowest BCUT2D eigenvalue weighted by Crippen LogP contribution is -2.32. The van der Waals surface area contributed by atoms with Crippen LogP contribution < -0.4 is 15.4 Å². The molecule has 2 N–H and O–H groups in total. The summed E-state index contributed by atoms with van der Waals surface area (Å²) in [5, 5.41) is 5.74. The highest BCUT2D eigenvalue weighted by molar-refractivity contribution is 6.09. The first-order valence-corrected chi connectivity index (χ1v) is 10.2. The van der Waals surface area contributed by atoms with E-state index in [1.807, 2.05) is 6.07 Å². The van der Waals surface area contributed by atoms with Crippen molar-refractivity contribution in [1.82, 2.24) is 5.32 Å². The van der Waals surface area contributed by atoms with E-state index in [4.69, 9.17) is 9.47 Å². The molecule has 0 bridgehead atoms. The smallest absolute Gasteiger partial charge is 0.255 e. The van der Waals surface area contributed by atoms with Gasteiger partial charge in [0, 0.05) is 18.7 Å². The highest BCUT2D eigenvalue weighted by atomic mass is 16.5. The lowest BCUT2D eigenvalue weighted by atomic mass is 10.1. The maximum atomic E-state index is 12.7. The zero-order valence-corrected chi connectivity index (χ0v) is 16.8. The molecule has 6 heteroatoms. The van der Waals surface area contributed by atoms with Crippen molar-refractivity contribution in [2.75, 3.05) is 25.1 Å². The van der Waals surface area contributed by atoms with Crippen LogP contribution in [0.1, 0.15) is 53.3 Å². The van der Waals surface area contributed by atoms with Crippen LogP contribution in [0.5, 0.6) is 5.75 Å². The third-order valence-corrected chi connectivity index (χ3v) is 4.80. The minimum Gasteiger partial charge on any atom is -0.494 e. The first kappa shape index (κ1) is 20.9. The van der Waals surface area contributed by atoms with Crippen LogP contribution in [0, 0.1) is 0 Å². The van der Waals surface area contributed by atoms with Crippen molar-refractivity contribution < 1.29 is 19.1 Å². The molecule has 1 aliphatic rings. The van der Waals surface area contributed by atoms with Crippen molar-refractivity contribution in [2.24, 2.45) is 0 Å². The second-order valence-electron chi connectivity index (χ2n) is 7.07. The van der Waals surface area contributed by atoms with Crippen LogP contribution in [0.4, 0.5) is 5.69 Å². The summed E-state index contributed by atoms with van der Waals surface area (Å²) < 4.78 is 11.2. The molecule has 0 saturated carbocycles. The summed E-state index contributed by atoms with van der Waals surface area (Å²) in [6.07, 6.45) is 4.05. The van der Waals surface area contributed by atoms with Crippen molar-refractivity contribution in [1.29, 1.82) is 0 Å². The van der Waals surface area contributed by atoms with Gasteiger partial charge >= 0.3 is 0 Å². The SMILES string of the molecule is CCCCOc1cccc(C(=O)Nc2ccccc2C(=O)NC[C@H]2CCCO2)c1. The van der Waals surface area contributed by atoms with Crippen LogP contribution >= 0.6 is 0 Å². The van der Waals surface area contributed by atoms with Crippen molar-refractivity contribution in [3.8, 4) is 5.75 Å². The largest absolute Gasteiger partial charge is 0.494 e. The molecular weight excluding hydrogens is 368 g/mol. The Labute approximate surface area is 171 Å². The fourth-order valence-corrected chi connectivity index (χ4v) is 3.15. The van der Waals surface area contributed by atoms with E-state index in [1.54, 1.807) is 42.5 Å². The quantitative estimate of drug-likeness (QED) is 0.628. The Morgan fingerprint density at radius 2 is 2.00 bits per heavy atom. The average molecular weight is 396 g/mol. The third kappa shape index (κ3) is 6.06. The zero-order chi connectivity index (χ0) is 20.5. The van der Waals surface area contributed by atoms with E-state index in [0.717, 1.165) is 32.3 Å². The van der Waals surface area contributed by atoms with Crippen molar-refractivity contribution >= 4 is 17.5 Å². The van der Waals surface area contributed by atoms with Gasteiger partial charge < -0.3 is 20.1 Å². The van der Waals surface area contributed by atoms with Crippen LogP contribution in [0.15, 0.2) is 48.5 Å². The van der Waals surface area contributed by atoms with Gasteiger partial charge in [0.15, 0.2) is 0 Å². The number of nitrogens with one attached hydrogen (secondary N) is 2.